The summed E-state index contributed by atoms with van der Waals surface area (Å²) in [7, 11) is -0.0891. The molecule has 0 aliphatic carbocycles. The van der Waals surface area contributed by atoms with Crippen LogP contribution in [0.1, 0.15) is 5.56 Å². The Kier molecular flexibility index (Phi) is 6.00. The second-order valence-corrected chi connectivity index (χ2v) is 10.1. The Bertz CT molecular complexity index is 1240. The Hall–Kier alpha value is -2.66. The second kappa shape index (κ2) is 8.94. The van der Waals surface area contributed by atoms with Crippen LogP contribution in [0.2, 0.25) is 0 Å². The Morgan fingerprint density at radius 2 is 1.97 bits per heavy atom. The Morgan fingerprint density at radius 3 is 2.79 bits per heavy atom. The number of benzene rings is 2. The highest BCUT2D eigenvalue weighted by molar-refractivity contribution is 7.85. The highest BCUT2D eigenvalue weighted by Gasteiger charge is 2.48. The lowest BCUT2D eigenvalue weighted by Gasteiger charge is -2.21. The van der Waals surface area contributed by atoms with Crippen molar-refractivity contribution in [2.75, 3.05) is 31.0 Å². The summed E-state index contributed by atoms with van der Waals surface area (Å²) in [6.07, 6.45) is 3.62. The summed E-state index contributed by atoms with van der Waals surface area (Å²) < 4.78 is 36.1. The molecule has 0 amide bonds. The molecule has 0 bridgehead atoms. The van der Waals surface area contributed by atoms with Crippen molar-refractivity contribution in [3.63, 3.8) is 0 Å². The molecule has 1 aromatic heterocycles. The first-order chi connectivity index (χ1) is 15.9. The zero-order valence-corrected chi connectivity index (χ0v) is 19.3. The lowest BCUT2D eigenvalue weighted by molar-refractivity contribution is 0.00871. The van der Waals surface area contributed by atoms with Crippen LogP contribution in [-0.4, -0.2) is 65.2 Å². The zero-order valence-electron chi connectivity index (χ0n) is 18.5. The van der Waals surface area contributed by atoms with Gasteiger partial charge in [-0.2, -0.15) is 0 Å². The summed E-state index contributed by atoms with van der Waals surface area (Å²) in [6, 6.07) is 8.22. The van der Waals surface area contributed by atoms with Crippen molar-refractivity contribution in [1.29, 1.82) is 0 Å². The third-order valence-electron chi connectivity index (χ3n) is 5.66. The van der Waals surface area contributed by atoms with Gasteiger partial charge in [-0.15, -0.1) is 10.7 Å². The molecule has 2 fully saturated rings. The number of hydrogen-bond acceptors (Lipinski definition) is 8. The average Bonchev–Trinajstić information content (AvgIpc) is 3.32. The number of anilines is 2. The topological polar surface area (TPSA) is 98.1 Å². The predicted octanol–water partition coefficient (Wildman–Crippen LogP) is 3.42. The van der Waals surface area contributed by atoms with Gasteiger partial charge in [-0.1, -0.05) is 0 Å². The molecule has 0 radical (unpaired) electrons. The summed E-state index contributed by atoms with van der Waals surface area (Å²) in [4.78, 5) is 8.85. The van der Waals surface area contributed by atoms with Gasteiger partial charge in [0.25, 0.3) is 0 Å². The highest BCUT2D eigenvalue weighted by Crippen LogP contribution is 2.36. The molecule has 2 aliphatic rings. The first-order valence-corrected chi connectivity index (χ1v) is 12.6. The maximum absolute atomic E-state index is 14.1. The Labute approximate surface area is 193 Å². The van der Waals surface area contributed by atoms with E-state index in [0.29, 0.717) is 17.3 Å². The van der Waals surface area contributed by atoms with Gasteiger partial charge in [0.2, 0.25) is 0 Å². The van der Waals surface area contributed by atoms with Crippen LogP contribution in [0.5, 0.6) is 5.75 Å². The molecule has 8 nitrogen and oxygen atoms in total. The van der Waals surface area contributed by atoms with Crippen molar-refractivity contribution < 1.29 is 23.7 Å². The molecule has 0 spiro atoms. The van der Waals surface area contributed by atoms with E-state index in [-0.39, 0.29) is 23.9 Å². The summed E-state index contributed by atoms with van der Waals surface area (Å²) in [6.45, 7) is 2.43. The van der Waals surface area contributed by atoms with E-state index in [1.165, 1.54) is 18.5 Å². The number of aliphatic hydroxyl groups excluding tert-OH is 1. The molecule has 2 saturated heterocycles. The molecule has 2 aromatic carbocycles. The van der Waals surface area contributed by atoms with Gasteiger partial charge in [-0.25, -0.2) is 18.7 Å². The normalized spacial score (nSPS) is 24.3. The molecule has 2 N–H and O–H groups in total. The molecule has 174 valence electrons. The minimum atomic E-state index is -0.683. The predicted molar refractivity (Wildman–Crippen MR) is 125 cm³/mol. The SMILES string of the molecule is Cc1cc(N=S(C)C)cc2ncnc(Nc3ccc(F)cc3OC3COC4C(O)COC34)c12. The number of fused-ring (bicyclic) bond motifs is 2. The van der Waals surface area contributed by atoms with Crippen LogP contribution in [0.15, 0.2) is 41.0 Å². The number of nitrogens with one attached hydrogen (secondary N) is 1. The van der Waals surface area contributed by atoms with Crippen LogP contribution in [0.25, 0.3) is 10.9 Å². The summed E-state index contributed by atoms with van der Waals surface area (Å²) in [5.74, 6) is 0.467. The fourth-order valence-corrected chi connectivity index (χ4v) is 4.79. The van der Waals surface area contributed by atoms with Crippen molar-refractivity contribution in [2.45, 2.75) is 31.3 Å². The van der Waals surface area contributed by atoms with Crippen LogP contribution in [0, 0.1) is 12.7 Å². The fourth-order valence-electron chi connectivity index (χ4n) is 4.26. The number of nitrogens with zero attached hydrogens (tertiary/aromatic N) is 3. The molecule has 2 aliphatic heterocycles. The number of aryl methyl sites for hydroxylation is 1. The molecule has 3 heterocycles. The van der Waals surface area contributed by atoms with Gasteiger partial charge in [-0.3, -0.25) is 0 Å². The van der Waals surface area contributed by atoms with Gasteiger partial charge in [0.15, 0.2) is 6.10 Å². The summed E-state index contributed by atoms with van der Waals surface area (Å²) >= 11 is 0. The van der Waals surface area contributed by atoms with Crippen molar-refractivity contribution in [2.24, 2.45) is 4.36 Å². The lowest BCUT2D eigenvalue weighted by atomic mass is 10.1. The molecule has 4 unspecified atom stereocenters. The monoisotopic (exact) mass is 472 g/mol. The smallest absolute Gasteiger partial charge is 0.151 e. The Balaban J connectivity index is 1.47. The minimum absolute atomic E-state index is 0.0891. The van der Waals surface area contributed by atoms with Gasteiger partial charge < -0.3 is 24.6 Å². The van der Waals surface area contributed by atoms with Crippen LogP contribution in [-0.2, 0) is 20.2 Å². The number of aliphatic hydroxyl groups is 1. The quantitative estimate of drug-likeness (QED) is 0.587. The van der Waals surface area contributed by atoms with Crippen molar-refractivity contribution in [3.05, 3.63) is 48.0 Å². The van der Waals surface area contributed by atoms with E-state index in [1.807, 2.05) is 19.1 Å². The van der Waals surface area contributed by atoms with Crippen LogP contribution in [0.4, 0.5) is 21.6 Å². The number of aromatic nitrogens is 2. The lowest BCUT2D eigenvalue weighted by Crippen LogP contribution is -2.34. The number of ether oxygens (including phenoxy) is 3. The zero-order chi connectivity index (χ0) is 23.1. The third-order valence-corrected chi connectivity index (χ3v) is 6.24. The Morgan fingerprint density at radius 1 is 1.15 bits per heavy atom. The van der Waals surface area contributed by atoms with E-state index in [1.54, 1.807) is 6.07 Å². The van der Waals surface area contributed by atoms with Gasteiger partial charge in [0.1, 0.15) is 42.0 Å². The minimum Gasteiger partial charge on any atom is -0.483 e. The van der Waals surface area contributed by atoms with Gasteiger partial charge in [-0.05, 0) is 49.3 Å². The van der Waals surface area contributed by atoms with E-state index in [4.69, 9.17) is 14.2 Å². The molecular formula is C23H25FN4O4S. The van der Waals surface area contributed by atoms with E-state index in [0.717, 1.165) is 22.2 Å². The largest absolute Gasteiger partial charge is 0.483 e. The van der Waals surface area contributed by atoms with Crippen LogP contribution >= 0.6 is 0 Å². The number of hydrogen-bond donors (Lipinski definition) is 2. The standard InChI is InChI=1S/C23H25FN4O4S/c1-12-6-14(28-33(2)3)8-16-20(12)23(26-11-25-16)27-15-5-4-13(24)7-18(15)32-19-10-31-21-17(29)9-30-22(19)21/h4-8,11,17,19,21-22,29H,9-10H2,1-3H3,(H,25,26,27). The van der Waals surface area contributed by atoms with E-state index < -0.39 is 30.2 Å². The molecular weight excluding hydrogens is 447 g/mol. The van der Waals surface area contributed by atoms with E-state index in [9.17, 15) is 9.50 Å². The average molecular weight is 473 g/mol. The first kappa shape index (κ1) is 22.1. The van der Waals surface area contributed by atoms with Crippen molar-refractivity contribution in [3.8, 4) is 5.75 Å². The molecule has 10 heteroatoms. The van der Waals surface area contributed by atoms with Crippen LogP contribution in [0.3, 0.4) is 0 Å². The third kappa shape index (κ3) is 4.43. The fraction of sp³-hybridized carbons (Fsp3) is 0.391. The molecule has 3 aromatic rings. The number of halogens is 1. The second-order valence-electron chi connectivity index (χ2n) is 8.33. The van der Waals surface area contributed by atoms with Gasteiger partial charge in [0, 0.05) is 11.5 Å². The first-order valence-electron chi connectivity index (χ1n) is 10.6. The van der Waals surface area contributed by atoms with E-state index in [2.05, 4.69) is 32.2 Å². The van der Waals surface area contributed by atoms with Gasteiger partial charge >= 0.3 is 0 Å². The molecule has 4 atom stereocenters. The maximum atomic E-state index is 14.1. The summed E-state index contributed by atoms with van der Waals surface area (Å²) in [5, 5.41) is 14.1. The highest BCUT2D eigenvalue weighted by atomic mass is 32.2. The van der Waals surface area contributed by atoms with Crippen LogP contribution < -0.4 is 10.1 Å². The van der Waals surface area contributed by atoms with Crippen molar-refractivity contribution in [1.82, 2.24) is 9.97 Å². The molecule has 33 heavy (non-hydrogen) atoms. The summed E-state index contributed by atoms with van der Waals surface area (Å²) in [5.41, 5.74) is 3.17. The molecule has 0 saturated carbocycles. The number of rotatable bonds is 5. The van der Waals surface area contributed by atoms with Gasteiger partial charge in [0.05, 0.1) is 30.1 Å². The van der Waals surface area contributed by atoms with E-state index >= 15 is 0 Å². The maximum Gasteiger partial charge on any atom is 0.151 e. The van der Waals surface area contributed by atoms with Crippen molar-refractivity contribution >= 4 is 38.8 Å². The molecule has 5 rings (SSSR count).